The van der Waals surface area contributed by atoms with Gasteiger partial charge in [-0.05, 0) is 69.5 Å². The number of hydrogen-bond donors (Lipinski definition) is 1. The highest BCUT2D eigenvalue weighted by molar-refractivity contribution is 7.91. The molecule has 1 N–H and O–H groups in total. The second-order valence-corrected chi connectivity index (χ2v) is 9.80. The Labute approximate surface area is 192 Å². The Morgan fingerprint density at radius 2 is 1.81 bits per heavy atom. The van der Waals surface area contributed by atoms with Crippen molar-refractivity contribution in [2.75, 3.05) is 6.61 Å². The first kappa shape index (κ1) is 23.8. The minimum atomic E-state index is -3.96. The normalized spacial score (nSPS) is 11.5. The van der Waals surface area contributed by atoms with Crippen molar-refractivity contribution in [3.8, 4) is 5.75 Å². The molecule has 2 heterocycles. The Balaban J connectivity index is 1.86. The number of aromatic nitrogens is 2. The van der Waals surface area contributed by atoms with Crippen LogP contribution in [0.2, 0.25) is 5.02 Å². The van der Waals surface area contributed by atoms with Crippen molar-refractivity contribution in [2.24, 2.45) is 0 Å². The summed E-state index contributed by atoms with van der Waals surface area (Å²) in [6.45, 7) is 7.55. The van der Waals surface area contributed by atoms with E-state index in [1.165, 1.54) is 23.8 Å². The molecule has 0 aliphatic heterocycles. The van der Waals surface area contributed by atoms with E-state index in [0.717, 1.165) is 11.1 Å². The van der Waals surface area contributed by atoms with Crippen LogP contribution in [0.5, 0.6) is 5.75 Å². The first-order chi connectivity index (χ1) is 15.1. The van der Waals surface area contributed by atoms with E-state index < -0.39 is 15.8 Å². The summed E-state index contributed by atoms with van der Waals surface area (Å²) in [6.07, 6.45) is 1.88. The minimum absolute atomic E-state index is 0.0153. The van der Waals surface area contributed by atoms with Gasteiger partial charge in [0.15, 0.2) is 5.03 Å². The number of carbonyl (C=O) groups is 1. The molecular formula is C23H25ClN2O5S. The SMILES string of the molecule is Cc1cc(OCCCn2c(C)c(S(=O)(=O)c3ccccn3)c(C)c2C(=O)O)cc(C)c1Cl. The fourth-order valence-corrected chi connectivity index (χ4v) is 5.61. The topological polar surface area (TPSA) is 98.5 Å². The summed E-state index contributed by atoms with van der Waals surface area (Å²) in [6, 6.07) is 8.30. The molecule has 0 saturated carbocycles. The van der Waals surface area contributed by atoms with Gasteiger partial charge in [-0.2, -0.15) is 0 Å². The molecule has 0 bridgehead atoms. The van der Waals surface area contributed by atoms with E-state index >= 15 is 0 Å². The standard InChI is InChI=1S/C23H25ClN2O5S/c1-14-12-18(13-15(2)20(14)24)31-11-7-10-26-17(4)22(16(3)21(26)23(27)28)32(29,30)19-8-5-6-9-25-19/h5-6,8-9,12-13H,7,10-11H2,1-4H3,(H,27,28). The van der Waals surface area contributed by atoms with Gasteiger partial charge in [0.2, 0.25) is 9.84 Å². The van der Waals surface area contributed by atoms with E-state index in [0.29, 0.717) is 29.5 Å². The zero-order valence-corrected chi connectivity index (χ0v) is 19.9. The molecule has 0 unspecified atom stereocenters. The van der Waals surface area contributed by atoms with Crippen molar-refractivity contribution in [2.45, 2.75) is 50.6 Å². The Bertz CT molecular complexity index is 1240. The zero-order valence-electron chi connectivity index (χ0n) is 18.3. The number of carboxylic acids is 1. The smallest absolute Gasteiger partial charge is 0.352 e. The molecule has 9 heteroatoms. The molecule has 0 fully saturated rings. The number of aromatic carboxylic acids is 1. The number of rotatable bonds is 8. The van der Waals surface area contributed by atoms with E-state index in [4.69, 9.17) is 16.3 Å². The molecule has 0 spiro atoms. The van der Waals surface area contributed by atoms with Gasteiger partial charge >= 0.3 is 5.97 Å². The van der Waals surface area contributed by atoms with Crippen LogP contribution in [0.25, 0.3) is 0 Å². The summed E-state index contributed by atoms with van der Waals surface area (Å²) < 4.78 is 33.7. The minimum Gasteiger partial charge on any atom is -0.494 e. The predicted octanol–water partition coefficient (Wildman–Crippen LogP) is 4.77. The molecule has 0 radical (unpaired) electrons. The van der Waals surface area contributed by atoms with E-state index in [9.17, 15) is 18.3 Å². The Hall–Kier alpha value is -2.84. The maximum atomic E-state index is 13.2. The van der Waals surface area contributed by atoms with Crippen molar-refractivity contribution in [3.63, 3.8) is 0 Å². The first-order valence-corrected chi connectivity index (χ1v) is 11.9. The molecule has 32 heavy (non-hydrogen) atoms. The van der Waals surface area contributed by atoms with Crippen molar-refractivity contribution in [3.05, 3.63) is 69.6 Å². The number of pyridine rings is 1. The molecule has 0 saturated heterocycles. The maximum Gasteiger partial charge on any atom is 0.352 e. The Morgan fingerprint density at radius 3 is 2.38 bits per heavy atom. The van der Waals surface area contributed by atoms with Crippen LogP contribution < -0.4 is 4.74 Å². The molecular weight excluding hydrogens is 452 g/mol. The summed E-state index contributed by atoms with van der Waals surface area (Å²) in [5.41, 5.74) is 2.34. The number of carboxylic acid groups (broad SMARTS) is 1. The van der Waals surface area contributed by atoms with Crippen LogP contribution in [0.15, 0.2) is 46.5 Å². The third-order valence-electron chi connectivity index (χ3n) is 5.29. The van der Waals surface area contributed by atoms with E-state index in [1.807, 2.05) is 26.0 Å². The van der Waals surface area contributed by atoms with Crippen molar-refractivity contribution in [1.29, 1.82) is 0 Å². The van der Waals surface area contributed by atoms with Gasteiger partial charge < -0.3 is 14.4 Å². The number of sulfone groups is 1. The molecule has 1 aromatic carbocycles. The first-order valence-electron chi connectivity index (χ1n) is 10.0. The monoisotopic (exact) mass is 476 g/mol. The van der Waals surface area contributed by atoms with Crippen LogP contribution >= 0.6 is 11.6 Å². The number of hydrogen-bond acceptors (Lipinski definition) is 5. The Morgan fingerprint density at radius 1 is 1.16 bits per heavy atom. The summed E-state index contributed by atoms with van der Waals surface area (Å²) >= 11 is 6.19. The van der Waals surface area contributed by atoms with E-state index in [2.05, 4.69) is 4.98 Å². The second kappa shape index (κ2) is 9.34. The third-order valence-corrected chi connectivity index (χ3v) is 7.82. The highest BCUT2D eigenvalue weighted by Crippen LogP contribution is 2.31. The lowest BCUT2D eigenvalue weighted by Crippen LogP contribution is -2.13. The average molecular weight is 477 g/mol. The van der Waals surface area contributed by atoms with Crippen molar-refractivity contribution in [1.82, 2.24) is 9.55 Å². The molecule has 3 rings (SSSR count). The largest absolute Gasteiger partial charge is 0.494 e. The van der Waals surface area contributed by atoms with Crippen LogP contribution in [0.3, 0.4) is 0 Å². The fraction of sp³-hybridized carbons (Fsp3) is 0.304. The highest BCUT2D eigenvalue weighted by atomic mass is 35.5. The number of aryl methyl sites for hydroxylation is 2. The van der Waals surface area contributed by atoms with Gasteiger partial charge in [0, 0.05) is 29.0 Å². The molecule has 0 atom stereocenters. The number of halogens is 1. The lowest BCUT2D eigenvalue weighted by molar-refractivity contribution is 0.0683. The summed E-state index contributed by atoms with van der Waals surface area (Å²) in [7, 11) is -3.96. The van der Waals surface area contributed by atoms with E-state index in [-0.39, 0.29) is 27.7 Å². The molecule has 3 aromatic rings. The van der Waals surface area contributed by atoms with Gasteiger partial charge in [-0.3, -0.25) is 0 Å². The molecule has 0 aliphatic rings. The number of ether oxygens (including phenoxy) is 1. The third kappa shape index (κ3) is 4.52. The number of nitrogens with zero attached hydrogens (tertiary/aromatic N) is 2. The average Bonchev–Trinajstić information content (AvgIpc) is 3.00. The van der Waals surface area contributed by atoms with Gasteiger partial charge in [-0.25, -0.2) is 18.2 Å². The molecule has 2 aromatic heterocycles. The van der Waals surface area contributed by atoms with Gasteiger partial charge in [0.05, 0.1) is 11.5 Å². The second-order valence-electron chi connectivity index (χ2n) is 7.59. The zero-order chi connectivity index (χ0) is 23.6. The van der Waals surface area contributed by atoms with Crippen molar-refractivity contribution < 1.29 is 23.1 Å². The van der Waals surface area contributed by atoms with Crippen molar-refractivity contribution >= 4 is 27.4 Å². The van der Waals surface area contributed by atoms with Crippen LogP contribution in [0, 0.1) is 27.7 Å². The molecule has 7 nitrogen and oxygen atoms in total. The van der Waals surface area contributed by atoms with E-state index in [1.54, 1.807) is 19.1 Å². The van der Waals surface area contributed by atoms with Crippen LogP contribution in [-0.4, -0.2) is 35.7 Å². The quantitative estimate of drug-likeness (QED) is 0.470. The Kier molecular flexibility index (Phi) is 6.95. The van der Waals surface area contributed by atoms with Gasteiger partial charge in [-0.15, -0.1) is 0 Å². The van der Waals surface area contributed by atoms with Gasteiger partial charge in [0.25, 0.3) is 0 Å². The predicted molar refractivity (Wildman–Crippen MR) is 122 cm³/mol. The van der Waals surface area contributed by atoms with Crippen LogP contribution in [0.4, 0.5) is 0 Å². The summed E-state index contributed by atoms with van der Waals surface area (Å²) in [5.74, 6) is -0.500. The molecule has 0 aliphatic carbocycles. The van der Waals surface area contributed by atoms with Gasteiger partial charge in [0.1, 0.15) is 11.4 Å². The lowest BCUT2D eigenvalue weighted by atomic mass is 10.1. The summed E-state index contributed by atoms with van der Waals surface area (Å²) in [5, 5.41) is 10.4. The number of benzene rings is 1. The van der Waals surface area contributed by atoms with Crippen LogP contribution in [0.1, 0.15) is 39.3 Å². The highest BCUT2D eigenvalue weighted by Gasteiger charge is 2.31. The lowest BCUT2D eigenvalue weighted by Gasteiger charge is -2.12. The molecule has 0 amide bonds. The maximum absolute atomic E-state index is 13.2. The molecule has 170 valence electrons. The fourth-order valence-electron chi connectivity index (χ4n) is 3.84. The van der Waals surface area contributed by atoms with Gasteiger partial charge in [-0.1, -0.05) is 17.7 Å². The summed E-state index contributed by atoms with van der Waals surface area (Å²) in [4.78, 5) is 15.9. The van der Waals surface area contributed by atoms with Crippen LogP contribution in [-0.2, 0) is 16.4 Å².